The van der Waals surface area contributed by atoms with Gasteiger partial charge in [0.15, 0.2) is 0 Å². The number of aromatic nitrogens is 2. The minimum atomic E-state index is -0.0141. The van der Waals surface area contributed by atoms with E-state index in [0.717, 1.165) is 37.2 Å². The molecule has 1 fully saturated rings. The lowest BCUT2D eigenvalue weighted by Crippen LogP contribution is -2.32. The molecule has 19 heavy (non-hydrogen) atoms. The SMILES string of the molecule is Cc1nn(C)c(C)c1C(=O)NCC1CCCC(Cl)C1. The fourth-order valence-electron chi connectivity index (χ4n) is 2.84. The molecule has 106 valence electrons. The van der Waals surface area contributed by atoms with Gasteiger partial charge in [-0.15, -0.1) is 11.6 Å². The molecule has 1 aliphatic carbocycles. The van der Waals surface area contributed by atoms with Gasteiger partial charge in [-0.1, -0.05) is 6.42 Å². The zero-order valence-electron chi connectivity index (χ0n) is 11.9. The van der Waals surface area contributed by atoms with Crippen LogP contribution in [0.1, 0.15) is 47.4 Å². The third-order valence-corrected chi connectivity index (χ3v) is 4.40. The first-order valence-corrected chi connectivity index (χ1v) is 7.35. The number of carbonyl (C=O) groups is 1. The molecule has 0 spiro atoms. The molecular weight excluding hydrogens is 262 g/mol. The van der Waals surface area contributed by atoms with Gasteiger partial charge in [-0.2, -0.15) is 5.10 Å². The molecule has 1 heterocycles. The van der Waals surface area contributed by atoms with E-state index in [4.69, 9.17) is 11.6 Å². The van der Waals surface area contributed by atoms with Gasteiger partial charge >= 0.3 is 0 Å². The Morgan fingerprint density at radius 3 is 2.79 bits per heavy atom. The number of nitrogens with one attached hydrogen (secondary N) is 1. The standard InChI is InChI=1S/C14H22ClN3O/c1-9-13(10(2)18(3)17-9)14(19)16-8-11-5-4-6-12(15)7-11/h11-12H,4-8H2,1-3H3,(H,16,19). The summed E-state index contributed by atoms with van der Waals surface area (Å²) in [5.74, 6) is 0.497. The van der Waals surface area contributed by atoms with E-state index < -0.39 is 0 Å². The van der Waals surface area contributed by atoms with Gasteiger partial charge in [-0.25, -0.2) is 0 Å². The van der Waals surface area contributed by atoms with E-state index in [9.17, 15) is 4.79 Å². The van der Waals surface area contributed by atoms with E-state index >= 15 is 0 Å². The Hall–Kier alpha value is -1.03. The van der Waals surface area contributed by atoms with Crippen molar-refractivity contribution in [3.63, 3.8) is 0 Å². The molecule has 0 aliphatic heterocycles. The molecule has 1 aliphatic rings. The minimum Gasteiger partial charge on any atom is -0.352 e. The summed E-state index contributed by atoms with van der Waals surface area (Å²) in [4.78, 5) is 12.2. The second kappa shape index (κ2) is 5.95. The van der Waals surface area contributed by atoms with E-state index in [1.165, 1.54) is 6.42 Å². The van der Waals surface area contributed by atoms with Gasteiger partial charge in [0.2, 0.25) is 0 Å². The van der Waals surface area contributed by atoms with Crippen LogP contribution in [0.2, 0.25) is 0 Å². The molecule has 5 heteroatoms. The fourth-order valence-corrected chi connectivity index (χ4v) is 3.24. The maximum absolute atomic E-state index is 12.2. The fraction of sp³-hybridized carbons (Fsp3) is 0.714. The number of aryl methyl sites for hydroxylation is 2. The largest absolute Gasteiger partial charge is 0.352 e. The number of halogens is 1. The predicted octanol–water partition coefficient (Wildman–Crippen LogP) is 2.56. The van der Waals surface area contributed by atoms with E-state index in [1.807, 2.05) is 20.9 Å². The highest BCUT2D eigenvalue weighted by Crippen LogP contribution is 2.27. The van der Waals surface area contributed by atoms with Crippen molar-refractivity contribution in [1.29, 1.82) is 0 Å². The molecule has 1 aromatic heterocycles. The Labute approximate surface area is 119 Å². The molecule has 1 aromatic rings. The summed E-state index contributed by atoms with van der Waals surface area (Å²) in [6.07, 6.45) is 4.44. The van der Waals surface area contributed by atoms with Crippen LogP contribution in [0, 0.1) is 19.8 Å². The maximum atomic E-state index is 12.2. The molecule has 2 unspecified atom stereocenters. The van der Waals surface area contributed by atoms with Crippen LogP contribution in [0.3, 0.4) is 0 Å². The van der Waals surface area contributed by atoms with Gasteiger partial charge in [-0.3, -0.25) is 9.48 Å². The first-order valence-electron chi connectivity index (χ1n) is 6.91. The molecule has 1 saturated carbocycles. The van der Waals surface area contributed by atoms with Crippen LogP contribution in [0.5, 0.6) is 0 Å². The maximum Gasteiger partial charge on any atom is 0.255 e. The quantitative estimate of drug-likeness (QED) is 0.867. The van der Waals surface area contributed by atoms with Crippen LogP contribution >= 0.6 is 11.6 Å². The Morgan fingerprint density at radius 2 is 2.21 bits per heavy atom. The molecule has 0 saturated heterocycles. The normalized spacial score (nSPS) is 23.4. The van der Waals surface area contributed by atoms with Crippen molar-refractivity contribution in [1.82, 2.24) is 15.1 Å². The van der Waals surface area contributed by atoms with Gasteiger partial charge in [-0.05, 0) is 39.0 Å². The zero-order chi connectivity index (χ0) is 14.0. The third-order valence-electron chi connectivity index (χ3n) is 4.01. The average Bonchev–Trinajstić information content (AvgIpc) is 2.61. The molecule has 0 bridgehead atoms. The van der Waals surface area contributed by atoms with Gasteiger partial charge in [0.05, 0.1) is 11.3 Å². The summed E-state index contributed by atoms with van der Waals surface area (Å²) in [5, 5.41) is 7.58. The number of rotatable bonds is 3. The van der Waals surface area contributed by atoms with Gasteiger partial charge in [0.25, 0.3) is 5.91 Å². The van der Waals surface area contributed by atoms with E-state index in [0.29, 0.717) is 11.5 Å². The van der Waals surface area contributed by atoms with E-state index in [1.54, 1.807) is 4.68 Å². The van der Waals surface area contributed by atoms with Crippen LogP contribution in [-0.2, 0) is 7.05 Å². The second-order valence-corrected chi connectivity index (χ2v) is 6.13. The predicted molar refractivity (Wildman–Crippen MR) is 76.6 cm³/mol. The molecule has 0 aromatic carbocycles. The van der Waals surface area contributed by atoms with Crippen LogP contribution in [0.15, 0.2) is 0 Å². The van der Waals surface area contributed by atoms with Crippen molar-refractivity contribution in [2.75, 3.05) is 6.54 Å². The van der Waals surface area contributed by atoms with Crippen LogP contribution in [0.25, 0.3) is 0 Å². The summed E-state index contributed by atoms with van der Waals surface area (Å²) in [5.41, 5.74) is 2.41. The van der Waals surface area contributed by atoms with Crippen LogP contribution < -0.4 is 5.32 Å². The Bertz CT molecular complexity index is 470. The highest BCUT2D eigenvalue weighted by atomic mass is 35.5. The highest BCUT2D eigenvalue weighted by molar-refractivity contribution is 6.20. The first kappa shape index (κ1) is 14.4. The topological polar surface area (TPSA) is 46.9 Å². The lowest BCUT2D eigenvalue weighted by Gasteiger charge is -2.25. The Balaban J connectivity index is 1.94. The lowest BCUT2D eigenvalue weighted by atomic mass is 9.89. The Morgan fingerprint density at radius 1 is 1.47 bits per heavy atom. The monoisotopic (exact) mass is 283 g/mol. The highest BCUT2D eigenvalue weighted by Gasteiger charge is 2.22. The summed E-state index contributed by atoms with van der Waals surface area (Å²) in [6, 6.07) is 0. The van der Waals surface area contributed by atoms with Crippen molar-refractivity contribution in [2.24, 2.45) is 13.0 Å². The van der Waals surface area contributed by atoms with Gasteiger partial charge in [0.1, 0.15) is 0 Å². The van der Waals surface area contributed by atoms with Crippen molar-refractivity contribution in [3.8, 4) is 0 Å². The minimum absolute atomic E-state index is 0.0141. The van der Waals surface area contributed by atoms with E-state index in [2.05, 4.69) is 10.4 Å². The molecule has 2 atom stereocenters. The number of amides is 1. The second-order valence-electron chi connectivity index (χ2n) is 5.51. The summed E-state index contributed by atoms with van der Waals surface area (Å²) in [6.45, 7) is 4.51. The number of hydrogen-bond acceptors (Lipinski definition) is 2. The van der Waals surface area contributed by atoms with Crippen molar-refractivity contribution >= 4 is 17.5 Å². The summed E-state index contributed by atoms with van der Waals surface area (Å²) < 4.78 is 1.75. The number of hydrogen-bond donors (Lipinski definition) is 1. The summed E-state index contributed by atoms with van der Waals surface area (Å²) in [7, 11) is 1.86. The van der Waals surface area contributed by atoms with Crippen molar-refractivity contribution in [3.05, 3.63) is 17.0 Å². The van der Waals surface area contributed by atoms with Crippen molar-refractivity contribution in [2.45, 2.75) is 44.9 Å². The number of carbonyl (C=O) groups excluding carboxylic acids is 1. The number of nitrogens with zero attached hydrogens (tertiary/aromatic N) is 2. The Kier molecular flexibility index (Phi) is 4.50. The van der Waals surface area contributed by atoms with Crippen molar-refractivity contribution < 1.29 is 4.79 Å². The number of alkyl halides is 1. The molecule has 1 amide bonds. The molecule has 2 rings (SSSR count). The zero-order valence-corrected chi connectivity index (χ0v) is 12.6. The lowest BCUT2D eigenvalue weighted by molar-refractivity contribution is 0.0942. The molecule has 0 radical (unpaired) electrons. The van der Waals surface area contributed by atoms with Crippen LogP contribution in [0.4, 0.5) is 0 Å². The molecular formula is C14H22ClN3O. The average molecular weight is 284 g/mol. The first-order chi connectivity index (χ1) is 8.99. The summed E-state index contributed by atoms with van der Waals surface area (Å²) >= 11 is 6.17. The van der Waals surface area contributed by atoms with Gasteiger partial charge < -0.3 is 5.32 Å². The molecule has 1 N–H and O–H groups in total. The smallest absolute Gasteiger partial charge is 0.255 e. The van der Waals surface area contributed by atoms with Gasteiger partial charge in [0, 0.05) is 24.7 Å². The van der Waals surface area contributed by atoms with Crippen LogP contribution in [-0.4, -0.2) is 27.6 Å². The van der Waals surface area contributed by atoms with E-state index in [-0.39, 0.29) is 11.3 Å². The third kappa shape index (κ3) is 3.30. The molecule has 4 nitrogen and oxygen atoms in total.